The number of benzene rings is 3. The first-order valence-corrected chi connectivity index (χ1v) is 11.8. The molecular weight excluding hydrogens is 434 g/mol. The van der Waals surface area contributed by atoms with Gasteiger partial charge in [-0.2, -0.15) is 0 Å². The third kappa shape index (κ3) is 4.55. The molecule has 0 saturated carbocycles. The van der Waals surface area contributed by atoms with Crippen molar-refractivity contribution >= 4 is 37.1 Å². The number of sulfone groups is 1. The number of ether oxygens (including phenoxy) is 1. The van der Waals surface area contributed by atoms with Crippen LogP contribution in [0.25, 0.3) is 0 Å². The highest BCUT2D eigenvalue weighted by Gasteiger charge is 2.23. The van der Waals surface area contributed by atoms with Crippen molar-refractivity contribution in [3.05, 3.63) is 77.3 Å². The molecule has 0 aliphatic heterocycles. The van der Waals surface area contributed by atoms with Crippen molar-refractivity contribution in [2.24, 2.45) is 0 Å². The van der Waals surface area contributed by atoms with Crippen molar-refractivity contribution in [1.29, 1.82) is 0 Å². The molecule has 152 valence electrons. The van der Waals surface area contributed by atoms with Crippen LogP contribution in [0, 0.1) is 6.92 Å². The van der Waals surface area contributed by atoms with E-state index in [4.69, 9.17) is 16.3 Å². The Morgan fingerprint density at radius 2 is 1.41 bits per heavy atom. The molecule has 0 atom stereocenters. The van der Waals surface area contributed by atoms with Crippen LogP contribution in [-0.2, 0) is 19.9 Å². The van der Waals surface area contributed by atoms with Crippen LogP contribution in [0.5, 0.6) is 5.75 Å². The third-order valence-electron chi connectivity index (χ3n) is 4.23. The van der Waals surface area contributed by atoms with Gasteiger partial charge in [-0.05, 0) is 73.2 Å². The lowest BCUT2D eigenvalue weighted by Gasteiger charge is -2.13. The highest BCUT2D eigenvalue weighted by Crippen LogP contribution is 2.27. The van der Waals surface area contributed by atoms with Crippen LogP contribution >= 0.6 is 11.6 Å². The normalized spacial score (nSPS) is 11.8. The molecule has 0 amide bonds. The summed E-state index contributed by atoms with van der Waals surface area (Å²) < 4.78 is 59.1. The van der Waals surface area contributed by atoms with Crippen LogP contribution in [0.4, 0.5) is 5.69 Å². The van der Waals surface area contributed by atoms with Gasteiger partial charge in [0.1, 0.15) is 5.75 Å². The van der Waals surface area contributed by atoms with Crippen LogP contribution < -0.4 is 9.46 Å². The fraction of sp³-hybridized carbons (Fsp3) is 0.100. The number of sulfonamides is 1. The van der Waals surface area contributed by atoms with Gasteiger partial charge in [0.05, 0.1) is 21.8 Å². The summed E-state index contributed by atoms with van der Waals surface area (Å²) in [6.07, 6.45) is 0. The van der Waals surface area contributed by atoms with Crippen LogP contribution in [0.15, 0.2) is 81.4 Å². The number of methoxy groups -OCH3 is 1. The molecule has 3 aromatic carbocycles. The molecule has 6 nitrogen and oxygen atoms in total. The van der Waals surface area contributed by atoms with E-state index in [1.807, 2.05) is 0 Å². The number of rotatable bonds is 6. The van der Waals surface area contributed by atoms with Gasteiger partial charge in [0.15, 0.2) is 0 Å². The maximum absolute atomic E-state index is 12.9. The largest absolute Gasteiger partial charge is 0.497 e. The van der Waals surface area contributed by atoms with Crippen molar-refractivity contribution in [2.45, 2.75) is 21.6 Å². The SMILES string of the molecule is COc1ccc(NS(=O)(=O)c2cc(S(=O)(=O)c3ccc(Cl)cc3)ccc2C)cc1. The number of anilines is 1. The van der Waals surface area contributed by atoms with Crippen molar-refractivity contribution in [3.63, 3.8) is 0 Å². The highest BCUT2D eigenvalue weighted by molar-refractivity contribution is 7.93. The maximum Gasteiger partial charge on any atom is 0.262 e. The third-order valence-corrected chi connectivity index (χ3v) is 7.77. The lowest BCUT2D eigenvalue weighted by molar-refractivity contribution is 0.415. The molecule has 0 aliphatic carbocycles. The van der Waals surface area contributed by atoms with Crippen molar-refractivity contribution in [3.8, 4) is 5.75 Å². The van der Waals surface area contributed by atoms with E-state index in [2.05, 4.69) is 4.72 Å². The Morgan fingerprint density at radius 3 is 2.00 bits per heavy atom. The first kappa shape index (κ1) is 21.2. The molecular formula is C20H18ClNO5S2. The molecule has 0 bridgehead atoms. The lowest BCUT2D eigenvalue weighted by atomic mass is 10.2. The molecule has 0 aliphatic rings. The molecule has 0 saturated heterocycles. The molecule has 3 rings (SSSR count). The predicted octanol–water partition coefficient (Wildman–Crippen LogP) is 4.29. The Morgan fingerprint density at radius 1 is 0.828 bits per heavy atom. The van der Waals surface area contributed by atoms with E-state index >= 15 is 0 Å². The van der Waals surface area contributed by atoms with E-state index in [0.29, 0.717) is 22.0 Å². The van der Waals surface area contributed by atoms with E-state index in [-0.39, 0.29) is 14.7 Å². The van der Waals surface area contributed by atoms with Crippen LogP contribution in [0.3, 0.4) is 0 Å². The summed E-state index contributed by atoms with van der Waals surface area (Å²) >= 11 is 5.82. The summed E-state index contributed by atoms with van der Waals surface area (Å²) in [5.41, 5.74) is 0.747. The van der Waals surface area contributed by atoms with Crippen LogP contribution in [-0.4, -0.2) is 23.9 Å². The average molecular weight is 452 g/mol. The topological polar surface area (TPSA) is 89.5 Å². The summed E-state index contributed by atoms with van der Waals surface area (Å²) in [5.74, 6) is 0.584. The first-order chi connectivity index (χ1) is 13.6. The van der Waals surface area contributed by atoms with Gasteiger partial charge in [0.25, 0.3) is 10.0 Å². The molecule has 0 aromatic heterocycles. The van der Waals surface area contributed by atoms with E-state index in [9.17, 15) is 16.8 Å². The lowest BCUT2D eigenvalue weighted by Crippen LogP contribution is -2.15. The van der Waals surface area contributed by atoms with E-state index < -0.39 is 19.9 Å². The number of nitrogens with one attached hydrogen (secondary N) is 1. The quantitative estimate of drug-likeness (QED) is 0.603. The Bertz CT molecular complexity index is 1240. The smallest absolute Gasteiger partial charge is 0.262 e. The van der Waals surface area contributed by atoms with Gasteiger partial charge in [-0.3, -0.25) is 4.72 Å². The summed E-state index contributed by atoms with van der Waals surface area (Å²) in [6, 6.07) is 16.0. The zero-order valence-corrected chi connectivity index (χ0v) is 18.0. The summed E-state index contributed by atoms with van der Waals surface area (Å²) in [5, 5.41) is 0.403. The standard InChI is InChI=1S/C20H18ClNO5S2/c1-14-3-10-19(28(23,24)18-11-4-15(21)5-12-18)13-20(14)29(25,26)22-16-6-8-17(27-2)9-7-16/h3-13,22H,1-2H3. The maximum atomic E-state index is 12.9. The predicted molar refractivity (Wildman–Crippen MR) is 112 cm³/mol. The minimum Gasteiger partial charge on any atom is -0.497 e. The van der Waals surface area contributed by atoms with Crippen molar-refractivity contribution in [2.75, 3.05) is 11.8 Å². The van der Waals surface area contributed by atoms with Gasteiger partial charge in [-0.25, -0.2) is 16.8 Å². The van der Waals surface area contributed by atoms with Gasteiger partial charge in [-0.15, -0.1) is 0 Å². The van der Waals surface area contributed by atoms with Gasteiger partial charge < -0.3 is 4.74 Å². The van der Waals surface area contributed by atoms with Crippen molar-refractivity contribution in [1.82, 2.24) is 0 Å². The fourth-order valence-electron chi connectivity index (χ4n) is 2.66. The molecule has 0 unspecified atom stereocenters. The molecule has 1 N–H and O–H groups in total. The minimum atomic E-state index is -4.01. The zero-order chi connectivity index (χ0) is 21.2. The second-order valence-corrected chi connectivity index (χ2v) is 10.3. The molecule has 0 spiro atoms. The van der Waals surface area contributed by atoms with E-state index in [0.717, 1.165) is 6.07 Å². The van der Waals surface area contributed by atoms with Crippen molar-refractivity contribution < 1.29 is 21.6 Å². The Kier molecular flexibility index (Phi) is 5.88. The molecule has 0 radical (unpaired) electrons. The minimum absolute atomic E-state index is 0.0252. The number of halogens is 1. The number of hydrogen-bond donors (Lipinski definition) is 1. The summed E-state index contributed by atoms with van der Waals surface area (Å²) in [4.78, 5) is -0.221. The van der Waals surface area contributed by atoms with E-state index in [1.165, 1.54) is 43.5 Å². The number of aryl methyl sites for hydroxylation is 1. The van der Waals surface area contributed by atoms with Gasteiger partial charge >= 0.3 is 0 Å². The first-order valence-electron chi connectivity index (χ1n) is 8.42. The highest BCUT2D eigenvalue weighted by atomic mass is 35.5. The molecule has 3 aromatic rings. The van der Waals surface area contributed by atoms with Gasteiger partial charge in [0, 0.05) is 10.7 Å². The summed E-state index contributed by atoms with van der Waals surface area (Å²) in [6.45, 7) is 1.60. The molecule has 0 fully saturated rings. The second kappa shape index (κ2) is 8.06. The fourth-order valence-corrected chi connectivity index (χ4v) is 5.47. The molecule has 29 heavy (non-hydrogen) atoms. The Balaban J connectivity index is 2.00. The Hall–Kier alpha value is -2.55. The molecule has 9 heteroatoms. The van der Waals surface area contributed by atoms with E-state index in [1.54, 1.807) is 31.2 Å². The summed E-state index contributed by atoms with van der Waals surface area (Å²) in [7, 11) is -6.41. The Labute approximate surface area is 175 Å². The van der Waals surface area contributed by atoms with Gasteiger partial charge in [-0.1, -0.05) is 17.7 Å². The van der Waals surface area contributed by atoms with Crippen LogP contribution in [0.2, 0.25) is 5.02 Å². The average Bonchev–Trinajstić information content (AvgIpc) is 2.68. The monoisotopic (exact) mass is 451 g/mol. The van der Waals surface area contributed by atoms with Crippen LogP contribution in [0.1, 0.15) is 5.56 Å². The zero-order valence-electron chi connectivity index (χ0n) is 15.6. The molecule has 0 heterocycles. The van der Waals surface area contributed by atoms with Gasteiger partial charge in [0.2, 0.25) is 9.84 Å². The number of hydrogen-bond acceptors (Lipinski definition) is 5. The second-order valence-electron chi connectivity index (χ2n) is 6.22.